The molecule has 0 bridgehead atoms. The van der Waals surface area contributed by atoms with Crippen LogP contribution in [0.3, 0.4) is 0 Å². The van der Waals surface area contributed by atoms with Crippen molar-refractivity contribution in [1.82, 2.24) is 0 Å². The molecule has 0 saturated heterocycles. The van der Waals surface area contributed by atoms with Crippen molar-refractivity contribution in [2.45, 2.75) is 44.9 Å². The van der Waals surface area contributed by atoms with E-state index in [0.717, 1.165) is 11.8 Å². The summed E-state index contributed by atoms with van der Waals surface area (Å²) in [5.41, 5.74) is 1.55. The molecule has 0 aliphatic heterocycles. The molecule has 1 unspecified atom stereocenters. The lowest BCUT2D eigenvalue weighted by atomic mass is 9.78. The van der Waals surface area contributed by atoms with Crippen LogP contribution in [0.15, 0.2) is 24.3 Å². The average molecular weight is 220 g/mol. The summed E-state index contributed by atoms with van der Waals surface area (Å²) in [4.78, 5) is 0. The van der Waals surface area contributed by atoms with Crippen LogP contribution in [-0.4, -0.2) is 0 Å². The number of hydrogen-bond acceptors (Lipinski definition) is 0. The monoisotopic (exact) mass is 220 g/mol. The van der Waals surface area contributed by atoms with Gasteiger partial charge in [-0.25, -0.2) is 0 Å². The van der Waals surface area contributed by atoms with Crippen LogP contribution in [-0.2, 0) is 0 Å². The molecule has 1 aliphatic rings. The molecule has 0 N–H and O–H groups in total. The molecule has 0 aromatic heterocycles. The fourth-order valence-corrected chi connectivity index (χ4v) is 2.86. The first kappa shape index (κ1) is 11.1. The maximum atomic E-state index is 2.75. The Kier molecular flexibility index (Phi) is 3.81. The summed E-state index contributed by atoms with van der Waals surface area (Å²) in [6, 6.07) is 9.04. The van der Waals surface area contributed by atoms with Gasteiger partial charge < -0.3 is 0 Å². The Labute approximate surface area is 95.7 Å². The van der Waals surface area contributed by atoms with Crippen molar-refractivity contribution >= 4 is 14.5 Å². The van der Waals surface area contributed by atoms with Crippen molar-refractivity contribution in [3.63, 3.8) is 0 Å². The second-order valence-corrected chi connectivity index (χ2v) is 5.46. The molecule has 0 heterocycles. The number of hydrogen-bond donors (Lipinski definition) is 0. The molecule has 82 valence electrons. The van der Waals surface area contributed by atoms with Gasteiger partial charge in [0, 0.05) is 0 Å². The first-order valence-corrected chi connectivity index (χ1v) is 6.72. The quantitative estimate of drug-likeness (QED) is 0.664. The van der Waals surface area contributed by atoms with Gasteiger partial charge >= 0.3 is 0 Å². The van der Waals surface area contributed by atoms with Crippen LogP contribution in [0.25, 0.3) is 0 Å². The van der Waals surface area contributed by atoms with Gasteiger partial charge in [-0.1, -0.05) is 37.6 Å². The number of rotatable bonds is 2. The third kappa shape index (κ3) is 2.82. The average Bonchev–Trinajstić information content (AvgIpc) is 2.30. The van der Waals surface area contributed by atoms with Crippen molar-refractivity contribution < 1.29 is 0 Å². The van der Waals surface area contributed by atoms with Gasteiger partial charge in [0.25, 0.3) is 0 Å². The third-order valence-electron chi connectivity index (χ3n) is 3.83. The molecule has 1 heteroatoms. The Morgan fingerprint density at radius 1 is 1.07 bits per heavy atom. The minimum Gasteiger partial charge on any atom is -0.106 e. The van der Waals surface area contributed by atoms with Gasteiger partial charge in [0.2, 0.25) is 0 Å². The highest BCUT2D eigenvalue weighted by Gasteiger charge is 2.20. The van der Waals surface area contributed by atoms with Crippen LogP contribution in [0.1, 0.15) is 50.5 Å². The van der Waals surface area contributed by atoms with Crippen LogP contribution >= 0.6 is 9.24 Å². The zero-order valence-electron chi connectivity index (χ0n) is 9.58. The maximum Gasteiger partial charge on any atom is -0.0162 e. The van der Waals surface area contributed by atoms with Crippen molar-refractivity contribution in [2.24, 2.45) is 5.92 Å². The summed E-state index contributed by atoms with van der Waals surface area (Å²) in [6.07, 6.45) is 7.04. The highest BCUT2D eigenvalue weighted by Crippen LogP contribution is 2.36. The van der Waals surface area contributed by atoms with E-state index in [9.17, 15) is 0 Å². The minimum atomic E-state index is 0.832. The predicted octanol–water partition coefficient (Wildman–Crippen LogP) is 3.87. The van der Waals surface area contributed by atoms with Gasteiger partial charge in [-0.2, -0.15) is 0 Å². The van der Waals surface area contributed by atoms with Crippen molar-refractivity contribution in [1.29, 1.82) is 0 Å². The summed E-state index contributed by atoms with van der Waals surface area (Å²) in [7, 11) is 2.75. The fourth-order valence-electron chi connectivity index (χ4n) is 2.67. The Balaban J connectivity index is 1.98. The highest BCUT2D eigenvalue weighted by molar-refractivity contribution is 7.27. The smallest absolute Gasteiger partial charge is 0.0162 e. The Bertz CT molecular complexity index is 294. The second-order valence-electron chi connectivity index (χ2n) is 4.79. The molecule has 0 spiro atoms. The molecule has 2 rings (SSSR count). The second kappa shape index (κ2) is 5.12. The van der Waals surface area contributed by atoms with Gasteiger partial charge in [-0.3, -0.25) is 0 Å². The van der Waals surface area contributed by atoms with Gasteiger partial charge in [0.1, 0.15) is 0 Å². The van der Waals surface area contributed by atoms with Crippen LogP contribution in [0, 0.1) is 5.92 Å². The first-order valence-electron chi connectivity index (χ1n) is 6.15. The van der Waals surface area contributed by atoms with Gasteiger partial charge in [0.05, 0.1) is 0 Å². The molecule has 0 amide bonds. The molecule has 1 aromatic rings. The molecule has 1 aromatic carbocycles. The summed E-state index contributed by atoms with van der Waals surface area (Å²) < 4.78 is 0. The SMILES string of the molecule is CCC1CCC(c2ccc(P)cc2)CC1. The predicted molar refractivity (Wildman–Crippen MR) is 70.8 cm³/mol. The van der Waals surface area contributed by atoms with Crippen molar-refractivity contribution in [3.05, 3.63) is 29.8 Å². The van der Waals surface area contributed by atoms with E-state index in [4.69, 9.17) is 0 Å². The van der Waals surface area contributed by atoms with Gasteiger partial charge in [-0.15, -0.1) is 9.24 Å². The summed E-state index contributed by atoms with van der Waals surface area (Å²) in [5, 5.41) is 1.29. The Hall–Kier alpha value is -0.350. The summed E-state index contributed by atoms with van der Waals surface area (Å²) in [5.74, 6) is 1.83. The first-order chi connectivity index (χ1) is 7.29. The highest BCUT2D eigenvalue weighted by atomic mass is 31.0. The lowest BCUT2D eigenvalue weighted by molar-refractivity contribution is 0.319. The molecule has 1 aliphatic carbocycles. The molecular weight excluding hydrogens is 199 g/mol. The lowest BCUT2D eigenvalue weighted by Crippen LogP contribution is -2.12. The molecule has 1 fully saturated rings. The lowest BCUT2D eigenvalue weighted by Gasteiger charge is -2.28. The van der Waals surface area contributed by atoms with E-state index in [-0.39, 0.29) is 0 Å². The third-order valence-corrected chi connectivity index (χ3v) is 4.22. The molecular formula is C14H21P. The van der Waals surface area contributed by atoms with Crippen LogP contribution < -0.4 is 5.30 Å². The van der Waals surface area contributed by atoms with Gasteiger partial charge in [-0.05, 0) is 48.4 Å². The van der Waals surface area contributed by atoms with Crippen molar-refractivity contribution in [2.75, 3.05) is 0 Å². The van der Waals surface area contributed by atoms with E-state index in [1.165, 1.54) is 37.4 Å². The molecule has 0 radical (unpaired) electrons. The minimum absolute atomic E-state index is 0.832. The Morgan fingerprint density at radius 2 is 1.67 bits per heavy atom. The maximum absolute atomic E-state index is 2.75. The fraction of sp³-hybridized carbons (Fsp3) is 0.571. The van der Waals surface area contributed by atoms with E-state index in [2.05, 4.69) is 40.4 Å². The van der Waals surface area contributed by atoms with Crippen molar-refractivity contribution in [3.8, 4) is 0 Å². The van der Waals surface area contributed by atoms with E-state index < -0.39 is 0 Å². The van der Waals surface area contributed by atoms with Crippen LogP contribution in [0.5, 0.6) is 0 Å². The molecule has 1 atom stereocenters. The summed E-state index contributed by atoms with van der Waals surface area (Å²) >= 11 is 0. The standard InChI is InChI=1S/C14H21P/c1-2-11-3-5-12(6-4-11)13-7-9-14(15)10-8-13/h7-12H,2-6,15H2,1H3. The molecule has 1 saturated carbocycles. The topological polar surface area (TPSA) is 0 Å². The summed E-state index contributed by atoms with van der Waals surface area (Å²) in [6.45, 7) is 2.33. The Morgan fingerprint density at radius 3 is 2.20 bits per heavy atom. The van der Waals surface area contributed by atoms with Crippen LogP contribution in [0.2, 0.25) is 0 Å². The van der Waals surface area contributed by atoms with E-state index in [0.29, 0.717) is 0 Å². The van der Waals surface area contributed by atoms with E-state index in [1.807, 2.05) is 0 Å². The molecule has 0 nitrogen and oxygen atoms in total. The normalized spacial score (nSPS) is 26.5. The number of benzene rings is 1. The molecule has 15 heavy (non-hydrogen) atoms. The van der Waals surface area contributed by atoms with E-state index >= 15 is 0 Å². The van der Waals surface area contributed by atoms with Crippen LogP contribution in [0.4, 0.5) is 0 Å². The van der Waals surface area contributed by atoms with E-state index in [1.54, 1.807) is 5.56 Å². The zero-order valence-corrected chi connectivity index (χ0v) is 10.7. The largest absolute Gasteiger partial charge is 0.106 e. The van der Waals surface area contributed by atoms with Gasteiger partial charge in [0.15, 0.2) is 0 Å². The zero-order chi connectivity index (χ0) is 10.7.